The van der Waals surface area contributed by atoms with Crippen molar-refractivity contribution in [2.75, 3.05) is 25.0 Å². The highest BCUT2D eigenvalue weighted by Gasteiger charge is 2.32. The smallest absolute Gasteiger partial charge is 0.309 e. The van der Waals surface area contributed by atoms with Crippen molar-refractivity contribution in [3.63, 3.8) is 0 Å². The second-order valence-electron chi connectivity index (χ2n) is 7.06. The molecule has 0 bridgehead atoms. The van der Waals surface area contributed by atoms with Crippen molar-refractivity contribution < 1.29 is 22.7 Å². The molecule has 1 amide bonds. The molecule has 1 aliphatic rings. The van der Waals surface area contributed by atoms with Gasteiger partial charge in [0.2, 0.25) is 10.0 Å². The van der Waals surface area contributed by atoms with Crippen LogP contribution in [-0.4, -0.2) is 44.3 Å². The zero-order valence-corrected chi connectivity index (χ0v) is 18.1. The summed E-state index contributed by atoms with van der Waals surface area (Å²) in [4.78, 5) is 24.6. The van der Waals surface area contributed by atoms with Crippen LogP contribution in [0.25, 0.3) is 0 Å². The van der Waals surface area contributed by atoms with Gasteiger partial charge in [0.05, 0.1) is 10.8 Å². The van der Waals surface area contributed by atoms with Crippen LogP contribution in [0.1, 0.15) is 18.4 Å². The second-order valence-corrected chi connectivity index (χ2v) is 9.40. The van der Waals surface area contributed by atoms with E-state index >= 15 is 0 Å². The monoisotopic (exact) mass is 450 g/mol. The molecule has 7 nitrogen and oxygen atoms in total. The summed E-state index contributed by atoms with van der Waals surface area (Å²) in [6.45, 7) is 1.82. The Kier molecular flexibility index (Phi) is 7.12. The van der Waals surface area contributed by atoms with Crippen LogP contribution in [0.4, 0.5) is 5.69 Å². The first-order chi connectivity index (χ1) is 14.3. The molecular formula is C21H23ClN2O5S. The molecule has 0 aliphatic carbocycles. The van der Waals surface area contributed by atoms with E-state index in [2.05, 4.69) is 5.32 Å². The average Bonchev–Trinajstić information content (AvgIpc) is 2.76. The van der Waals surface area contributed by atoms with E-state index in [-0.39, 0.29) is 18.0 Å². The van der Waals surface area contributed by atoms with Crippen LogP contribution in [0.15, 0.2) is 53.4 Å². The maximum atomic E-state index is 12.7. The summed E-state index contributed by atoms with van der Waals surface area (Å²) in [7, 11) is -3.57. The number of hydrogen-bond acceptors (Lipinski definition) is 5. The van der Waals surface area contributed by atoms with E-state index in [0.29, 0.717) is 23.6 Å². The van der Waals surface area contributed by atoms with Gasteiger partial charge in [-0.2, -0.15) is 4.31 Å². The molecule has 3 rings (SSSR count). The number of nitrogens with one attached hydrogen (secondary N) is 1. The highest BCUT2D eigenvalue weighted by Crippen LogP contribution is 2.25. The fourth-order valence-electron chi connectivity index (χ4n) is 3.26. The Hall–Kier alpha value is -2.42. The number of carbonyl (C=O) groups excluding carboxylic acids is 2. The normalized spacial score (nSPS) is 15.5. The Morgan fingerprint density at radius 2 is 1.77 bits per heavy atom. The summed E-state index contributed by atoms with van der Waals surface area (Å²) in [5.74, 6) is -1.39. The van der Waals surface area contributed by atoms with Gasteiger partial charge >= 0.3 is 5.97 Å². The van der Waals surface area contributed by atoms with Crippen molar-refractivity contribution in [3.8, 4) is 0 Å². The molecule has 2 aromatic rings. The maximum absolute atomic E-state index is 12.7. The predicted octanol–water partition coefficient (Wildman–Crippen LogP) is 3.23. The molecule has 1 heterocycles. The summed E-state index contributed by atoms with van der Waals surface area (Å²) in [5, 5.41) is 3.20. The molecule has 0 radical (unpaired) electrons. The number of rotatable bonds is 6. The van der Waals surface area contributed by atoms with Gasteiger partial charge in [0.15, 0.2) is 6.61 Å². The third kappa shape index (κ3) is 5.19. The van der Waals surface area contributed by atoms with Crippen molar-refractivity contribution in [1.29, 1.82) is 0 Å². The minimum Gasteiger partial charge on any atom is -0.455 e. The van der Waals surface area contributed by atoms with Crippen LogP contribution >= 0.6 is 11.6 Å². The van der Waals surface area contributed by atoms with Gasteiger partial charge in [0.25, 0.3) is 5.91 Å². The number of sulfonamides is 1. The molecule has 1 aliphatic heterocycles. The molecule has 0 aromatic heterocycles. The topological polar surface area (TPSA) is 92.8 Å². The largest absolute Gasteiger partial charge is 0.455 e. The van der Waals surface area contributed by atoms with Crippen molar-refractivity contribution in [2.45, 2.75) is 24.7 Å². The van der Waals surface area contributed by atoms with Crippen LogP contribution in [0.3, 0.4) is 0 Å². The number of nitrogens with zero attached hydrogens (tertiary/aromatic N) is 1. The molecule has 160 valence electrons. The molecule has 9 heteroatoms. The summed E-state index contributed by atoms with van der Waals surface area (Å²) in [6.07, 6.45) is 0.694. The van der Waals surface area contributed by atoms with Crippen molar-refractivity contribution in [1.82, 2.24) is 4.31 Å². The second kappa shape index (κ2) is 9.59. The highest BCUT2D eigenvalue weighted by molar-refractivity contribution is 7.89. The van der Waals surface area contributed by atoms with Gasteiger partial charge in [-0.25, -0.2) is 8.42 Å². The van der Waals surface area contributed by atoms with Gasteiger partial charge in [0.1, 0.15) is 0 Å². The SMILES string of the molecule is Cc1c(Cl)cccc1NC(=O)COC(=O)C1CCN(S(=O)(=O)c2ccccc2)CC1. The van der Waals surface area contributed by atoms with E-state index in [4.69, 9.17) is 16.3 Å². The summed E-state index contributed by atoms with van der Waals surface area (Å²) in [6, 6.07) is 13.4. The number of benzene rings is 2. The van der Waals surface area contributed by atoms with Crippen LogP contribution < -0.4 is 5.32 Å². The molecule has 0 saturated carbocycles. The highest BCUT2D eigenvalue weighted by atomic mass is 35.5. The lowest BCUT2D eigenvalue weighted by Gasteiger charge is -2.30. The number of amides is 1. The Labute approximate surface area is 181 Å². The Morgan fingerprint density at radius 1 is 1.10 bits per heavy atom. The standard InChI is InChI=1S/C21H23ClN2O5S/c1-15-18(22)8-5-9-19(15)23-20(25)14-29-21(26)16-10-12-24(13-11-16)30(27,28)17-6-3-2-4-7-17/h2-9,16H,10-14H2,1H3,(H,23,25). The first-order valence-corrected chi connectivity index (χ1v) is 11.4. The number of halogens is 1. The van der Waals surface area contributed by atoms with E-state index in [0.717, 1.165) is 5.56 Å². The first-order valence-electron chi connectivity index (χ1n) is 9.56. The van der Waals surface area contributed by atoms with Gasteiger partial charge < -0.3 is 10.1 Å². The molecule has 0 unspecified atom stereocenters. The molecular weight excluding hydrogens is 428 g/mol. The van der Waals surface area contributed by atoms with Crippen LogP contribution in [0, 0.1) is 12.8 Å². The predicted molar refractivity (Wildman–Crippen MR) is 114 cm³/mol. The summed E-state index contributed by atoms with van der Waals surface area (Å²) in [5.41, 5.74) is 1.29. The molecule has 2 aromatic carbocycles. The van der Waals surface area contributed by atoms with Crippen molar-refractivity contribution in [3.05, 3.63) is 59.1 Å². The van der Waals surface area contributed by atoms with E-state index in [1.54, 1.807) is 55.5 Å². The summed E-state index contributed by atoms with van der Waals surface area (Å²) >= 11 is 6.03. The van der Waals surface area contributed by atoms with Gasteiger partial charge in [-0.05, 0) is 49.6 Å². The van der Waals surface area contributed by atoms with Crippen molar-refractivity contribution in [2.24, 2.45) is 5.92 Å². The fourth-order valence-corrected chi connectivity index (χ4v) is 4.92. The van der Waals surface area contributed by atoms with E-state index in [9.17, 15) is 18.0 Å². The van der Waals surface area contributed by atoms with Crippen molar-refractivity contribution >= 4 is 39.2 Å². The Morgan fingerprint density at radius 3 is 2.43 bits per heavy atom. The summed E-state index contributed by atoms with van der Waals surface area (Å²) < 4.78 is 31.8. The molecule has 1 saturated heterocycles. The van der Waals surface area contributed by atoms with Gasteiger partial charge in [-0.1, -0.05) is 35.9 Å². The number of piperidine rings is 1. The number of ether oxygens (including phenoxy) is 1. The van der Waals surface area contributed by atoms with Gasteiger partial charge in [-0.15, -0.1) is 0 Å². The van der Waals surface area contributed by atoms with Gasteiger partial charge in [0, 0.05) is 23.8 Å². The Balaban J connectivity index is 1.48. The van der Waals surface area contributed by atoms with Crippen LogP contribution in [0.5, 0.6) is 0 Å². The third-order valence-corrected chi connectivity index (χ3v) is 7.38. The number of carbonyl (C=O) groups is 2. The third-order valence-electron chi connectivity index (χ3n) is 5.06. The lowest BCUT2D eigenvalue weighted by molar-refractivity contribution is -0.152. The minimum atomic E-state index is -3.57. The number of anilines is 1. The minimum absolute atomic E-state index is 0.227. The molecule has 1 fully saturated rings. The quantitative estimate of drug-likeness (QED) is 0.682. The van der Waals surface area contributed by atoms with E-state index in [1.165, 1.54) is 4.31 Å². The lowest BCUT2D eigenvalue weighted by Crippen LogP contribution is -2.40. The fraction of sp³-hybridized carbons (Fsp3) is 0.333. The zero-order valence-electron chi connectivity index (χ0n) is 16.5. The number of hydrogen-bond donors (Lipinski definition) is 1. The lowest BCUT2D eigenvalue weighted by atomic mass is 9.98. The Bertz CT molecular complexity index is 1020. The molecule has 30 heavy (non-hydrogen) atoms. The average molecular weight is 451 g/mol. The van der Waals surface area contributed by atoms with Crippen LogP contribution in [0.2, 0.25) is 5.02 Å². The van der Waals surface area contributed by atoms with E-state index in [1.807, 2.05) is 0 Å². The molecule has 1 N–H and O–H groups in total. The van der Waals surface area contributed by atoms with Crippen LogP contribution in [-0.2, 0) is 24.3 Å². The molecule has 0 spiro atoms. The maximum Gasteiger partial charge on any atom is 0.309 e. The zero-order chi connectivity index (χ0) is 21.7. The first kappa shape index (κ1) is 22.3. The molecule has 0 atom stereocenters. The van der Waals surface area contributed by atoms with Gasteiger partial charge in [-0.3, -0.25) is 9.59 Å². The van der Waals surface area contributed by atoms with E-state index < -0.39 is 34.4 Å². The number of esters is 1.